The molecule has 1 aliphatic carbocycles. The van der Waals surface area contributed by atoms with E-state index in [4.69, 9.17) is 4.74 Å². The standard InChI is InChI=1S/C12H22N2O2/c1-12(2,3)16-11(15)14-10-8-4-5-9(10)7-13-6-8/h8-10,13H,4-7H2,1-3H3,(H,14,15)/t8-,9+,10-. The predicted octanol–water partition coefficient (Wildman–Crippen LogP) is 1.51. The number of amides is 1. The third-order valence-electron chi connectivity index (χ3n) is 3.42. The molecule has 2 aliphatic rings. The third kappa shape index (κ3) is 2.67. The molecule has 4 nitrogen and oxygen atoms in total. The topological polar surface area (TPSA) is 50.4 Å². The molecule has 2 fully saturated rings. The average molecular weight is 226 g/mol. The molecule has 16 heavy (non-hydrogen) atoms. The molecular weight excluding hydrogens is 204 g/mol. The Morgan fingerprint density at radius 1 is 1.25 bits per heavy atom. The van der Waals surface area contributed by atoms with Gasteiger partial charge in [-0.2, -0.15) is 0 Å². The lowest BCUT2D eigenvalue weighted by molar-refractivity contribution is 0.0468. The molecule has 0 unspecified atom stereocenters. The van der Waals surface area contributed by atoms with Crippen molar-refractivity contribution in [2.24, 2.45) is 11.8 Å². The van der Waals surface area contributed by atoms with Crippen LogP contribution in [0.3, 0.4) is 0 Å². The molecule has 2 N–H and O–H groups in total. The molecule has 2 rings (SSSR count). The highest BCUT2D eigenvalue weighted by Gasteiger charge is 2.40. The highest BCUT2D eigenvalue weighted by atomic mass is 16.6. The maximum absolute atomic E-state index is 11.7. The highest BCUT2D eigenvalue weighted by molar-refractivity contribution is 5.68. The molecule has 2 bridgehead atoms. The van der Waals surface area contributed by atoms with Crippen LogP contribution in [0.25, 0.3) is 0 Å². The molecule has 0 aromatic rings. The Labute approximate surface area is 97.1 Å². The zero-order chi connectivity index (χ0) is 11.8. The van der Waals surface area contributed by atoms with E-state index in [1.54, 1.807) is 0 Å². The number of carbonyl (C=O) groups is 1. The van der Waals surface area contributed by atoms with Gasteiger partial charge in [0.15, 0.2) is 0 Å². The van der Waals surface area contributed by atoms with E-state index in [0.29, 0.717) is 17.9 Å². The molecule has 1 saturated carbocycles. The van der Waals surface area contributed by atoms with E-state index >= 15 is 0 Å². The Hall–Kier alpha value is -0.770. The number of hydrogen-bond donors (Lipinski definition) is 2. The second kappa shape index (κ2) is 4.24. The van der Waals surface area contributed by atoms with E-state index in [0.717, 1.165) is 13.1 Å². The molecule has 1 amide bonds. The van der Waals surface area contributed by atoms with Gasteiger partial charge in [-0.05, 0) is 58.5 Å². The smallest absolute Gasteiger partial charge is 0.407 e. The van der Waals surface area contributed by atoms with Crippen LogP contribution in [0.1, 0.15) is 33.6 Å². The van der Waals surface area contributed by atoms with Gasteiger partial charge in [0.2, 0.25) is 0 Å². The summed E-state index contributed by atoms with van der Waals surface area (Å²) in [5.74, 6) is 1.18. The lowest BCUT2D eigenvalue weighted by Gasteiger charge is -2.32. The molecule has 0 spiro atoms. The minimum absolute atomic E-state index is 0.267. The lowest BCUT2D eigenvalue weighted by atomic mass is 9.94. The first kappa shape index (κ1) is 11.7. The number of nitrogens with one attached hydrogen (secondary N) is 2. The number of hydrogen-bond acceptors (Lipinski definition) is 3. The van der Waals surface area contributed by atoms with Crippen LogP contribution in [0.15, 0.2) is 0 Å². The van der Waals surface area contributed by atoms with Crippen molar-refractivity contribution in [3.8, 4) is 0 Å². The molecule has 3 atom stereocenters. The largest absolute Gasteiger partial charge is 0.444 e. The number of carbonyl (C=O) groups excluding carboxylic acids is 1. The number of alkyl carbamates (subject to hydrolysis) is 1. The van der Waals surface area contributed by atoms with Crippen LogP contribution in [0.4, 0.5) is 4.79 Å². The van der Waals surface area contributed by atoms with E-state index in [1.807, 2.05) is 20.8 Å². The lowest BCUT2D eigenvalue weighted by Crippen LogP contribution is -2.51. The Morgan fingerprint density at radius 3 is 2.31 bits per heavy atom. The second-order valence-corrected chi connectivity index (χ2v) is 5.93. The summed E-state index contributed by atoms with van der Waals surface area (Å²) in [5, 5.41) is 6.44. The summed E-state index contributed by atoms with van der Waals surface area (Å²) in [6.45, 7) is 7.73. The van der Waals surface area contributed by atoms with Gasteiger partial charge in [0.1, 0.15) is 5.60 Å². The van der Waals surface area contributed by atoms with Gasteiger partial charge in [0.05, 0.1) is 0 Å². The molecule has 0 radical (unpaired) electrons. The Kier molecular flexibility index (Phi) is 3.10. The van der Waals surface area contributed by atoms with Crippen LogP contribution in [-0.4, -0.2) is 30.8 Å². The number of rotatable bonds is 1. The first-order valence-corrected chi connectivity index (χ1v) is 6.16. The van der Waals surface area contributed by atoms with Crippen LogP contribution in [-0.2, 0) is 4.74 Å². The summed E-state index contributed by atoms with van der Waals surface area (Å²) >= 11 is 0. The van der Waals surface area contributed by atoms with Crippen LogP contribution < -0.4 is 10.6 Å². The minimum Gasteiger partial charge on any atom is -0.444 e. The first-order valence-electron chi connectivity index (χ1n) is 6.16. The van der Waals surface area contributed by atoms with E-state index in [-0.39, 0.29) is 6.09 Å². The van der Waals surface area contributed by atoms with Gasteiger partial charge in [-0.1, -0.05) is 0 Å². The normalized spacial score (nSPS) is 33.6. The predicted molar refractivity (Wildman–Crippen MR) is 62.2 cm³/mol. The minimum atomic E-state index is -0.407. The molecule has 92 valence electrons. The Balaban J connectivity index is 1.88. The molecular formula is C12H22N2O2. The summed E-state index contributed by atoms with van der Waals surface area (Å²) < 4.78 is 5.29. The second-order valence-electron chi connectivity index (χ2n) is 5.93. The van der Waals surface area contributed by atoms with Gasteiger partial charge >= 0.3 is 6.09 Å². The van der Waals surface area contributed by atoms with Crippen molar-refractivity contribution >= 4 is 6.09 Å². The zero-order valence-corrected chi connectivity index (χ0v) is 10.4. The molecule has 1 heterocycles. The summed E-state index contributed by atoms with van der Waals surface area (Å²) in [7, 11) is 0. The average Bonchev–Trinajstić information content (AvgIpc) is 2.39. The number of fused-ring (bicyclic) bond motifs is 2. The van der Waals surface area contributed by atoms with Crippen molar-refractivity contribution in [3.63, 3.8) is 0 Å². The molecule has 0 aromatic heterocycles. The van der Waals surface area contributed by atoms with E-state index in [2.05, 4.69) is 10.6 Å². The van der Waals surface area contributed by atoms with Crippen molar-refractivity contribution in [3.05, 3.63) is 0 Å². The maximum Gasteiger partial charge on any atom is 0.407 e. The molecule has 1 saturated heterocycles. The first-order chi connectivity index (χ1) is 7.46. The van der Waals surface area contributed by atoms with Crippen LogP contribution in [0.2, 0.25) is 0 Å². The van der Waals surface area contributed by atoms with Gasteiger partial charge in [-0.15, -0.1) is 0 Å². The van der Waals surface area contributed by atoms with Crippen molar-refractivity contribution < 1.29 is 9.53 Å². The fourth-order valence-electron chi connectivity index (χ4n) is 2.76. The van der Waals surface area contributed by atoms with Crippen molar-refractivity contribution in [2.45, 2.75) is 45.3 Å². The van der Waals surface area contributed by atoms with Crippen LogP contribution >= 0.6 is 0 Å². The number of piperidine rings is 1. The number of ether oxygens (including phenoxy) is 1. The van der Waals surface area contributed by atoms with Gasteiger partial charge in [-0.3, -0.25) is 0 Å². The highest BCUT2D eigenvalue weighted by Crippen LogP contribution is 2.33. The zero-order valence-electron chi connectivity index (χ0n) is 10.4. The summed E-state index contributed by atoms with van der Waals surface area (Å²) in [4.78, 5) is 11.7. The quantitative estimate of drug-likeness (QED) is 0.712. The molecule has 0 aromatic carbocycles. The van der Waals surface area contributed by atoms with E-state index in [9.17, 15) is 4.79 Å². The van der Waals surface area contributed by atoms with Gasteiger partial charge in [-0.25, -0.2) is 4.79 Å². The Morgan fingerprint density at radius 2 is 1.81 bits per heavy atom. The van der Waals surface area contributed by atoms with Crippen molar-refractivity contribution in [1.29, 1.82) is 0 Å². The summed E-state index contributed by atoms with van der Waals surface area (Å²) in [5.41, 5.74) is -0.407. The van der Waals surface area contributed by atoms with Gasteiger partial charge < -0.3 is 15.4 Å². The summed E-state index contributed by atoms with van der Waals surface area (Å²) in [6.07, 6.45) is 2.17. The monoisotopic (exact) mass is 226 g/mol. The van der Waals surface area contributed by atoms with Gasteiger partial charge in [0, 0.05) is 6.04 Å². The van der Waals surface area contributed by atoms with E-state index in [1.165, 1.54) is 12.8 Å². The van der Waals surface area contributed by atoms with Crippen molar-refractivity contribution in [2.75, 3.05) is 13.1 Å². The van der Waals surface area contributed by atoms with Crippen molar-refractivity contribution in [1.82, 2.24) is 10.6 Å². The van der Waals surface area contributed by atoms with Gasteiger partial charge in [0.25, 0.3) is 0 Å². The summed E-state index contributed by atoms with van der Waals surface area (Å²) in [6, 6.07) is 0.316. The maximum atomic E-state index is 11.7. The van der Waals surface area contributed by atoms with E-state index < -0.39 is 5.60 Å². The Bertz CT molecular complexity index is 257. The third-order valence-corrected chi connectivity index (χ3v) is 3.42. The van der Waals surface area contributed by atoms with Crippen LogP contribution in [0.5, 0.6) is 0 Å². The molecule has 1 aliphatic heterocycles. The fourth-order valence-corrected chi connectivity index (χ4v) is 2.76. The molecule has 4 heteroatoms. The van der Waals surface area contributed by atoms with Crippen LogP contribution in [0, 0.1) is 11.8 Å². The SMILES string of the molecule is CC(C)(C)OC(=O)N[C@@H]1[C@@H]2CC[C@H]1CNC2. The fraction of sp³-hybridized carbons (Fsp3) is 0.917.